The van der Waals surface area contributed by atoms with E-state index in [1.165, 1.54) is 19.4 Å². The third kappa shape index (κ3) is 3.70. The van der Waals surface area contributed by atoms with Gasteiger partial charge in [0.2, 0.25) is 5.88 Å². The topological polar surface area (TPSA) is 68.7 Å². The number of hydrazine groups is 1. The van der Waals surface area contributed by atoms with E-state index in [0.29, 0.717) is 18.8 Å². The van der Waals surface area contributed by atoms with Gasteiger partial charge in [-0.1, -0.05) is 0 Å². The molecule has 0 aromatic carbocycles. The third-order valence-electron chi connectivity index (χ3n) is 3.66. The number of hydrogen-bond donors (Lipinski definition) is 1. The van der Waals surface area contributed by atoms with Crippen molar-refractivity contribution in [2.24, 2.45) is 0 Å². The second kappa shape index (κ2) is 6.81. The maximum absolute atomic E-state index is 13.3. The number of hydrogen-bond acceptors (Lipinski definition) is 7. The van der Waals surface area contributed by atoms with Gasteiger partial charge in [-0.05, 0) is 19.3 Å². The molecule has 2 aliphatic heterocycles. The average Bonchev–Trinajstić information content (AvgIpc) is 3.00. The first-order valence-electron chi connectivity index (χ1n) is 7.47. The molecule has 24 heavy (non-hydrogen) atoms. The first kappa shape index (κ1) is 16.8. The van der Waals surface area contributed by atoms with Crippen molar-refractivity contribution in [3.05, 3.63) is 24.0 Å². The molecule has 1 fully saturated rings. The minimum Gasteiger partial charge on any atom is -0.495 e. The molecule has 0 radical (unpaired) electrons. The standard InChI is InChI=1S/C14H17F3N4O3/c1-22-9-6-11(19-18-8-9)24-12-7-10(14(15,16)17)21(20-12)13-4-2-3-5-23-13/h6-8,12-13,20H,2-5H2,1H3. The molecule has 1 saturated heterocycles. The predicted molar refractivity (Wildman–Crippen MR) is 75.7 cm³/mol. The molecule has 3 heterocycles. The highest BCUT2D eigenvalue weighted by atomic mass is 19.4. The molecule has 1 aromatic heterocycles. The zero-order valence-corrected chi connectivity index (χ0v) is 12.9. The first-order valence-corrected chi connectivity index (χ1v) is 7.47. The minimum atomic E-state index is -4.52. The van der Waals surface area contributed by atoms with Gasteiger partial charge in [-0.15, -0.1) is 5.10 Å². The number of nitrogens with one attached hydrogen (secondary N) is 1. The van der Waals surface area contributed by atoms with Crippen molar-refractivity contribution < 1.29 is 27.4 Å². The summed E-state index contributed by atoms with van der Waals surface area (Å²) in [6.07, 6.45) is -1.76. The van der Waals surface area contributed by atoms with E-state index in [1.54, 1.807) is 0 Å². The van der Waals surface area contributed by atoms with Crippen LogP contribution in [0.15, 0.2) is 24.0 Å². The molecular weight excluding hydrogens is 329 g/mol. The Labute approximate surface area is 136 Å². The average molecular weight is 346 g/mol. The number of methoxy groups -OCH3 is 1. The van der Waals surface area contributed by atoms with Crippen LogP contribution in [0.3, 0.4) is 0 Å². The van der Waals surface area contributed by atoms with Gasteiger partial charge >= 0.3 is 6.18 Å². The normalized spacial score (nSPS) is 24.7. The fourth-order valence-electron chi connectivity index (χ4n) is 2.55. The summed E-state index contributed by atoms with van der Waals surface area (Å²) >= 11 is 0. The summed E-state index contributed by atoms with van der Waals surface area (Å²) in [6, 6.07) is 1.44. The van der Waals surface area contributed by atoms with Gasteiger partial charge in [-0.25, -0.2) is 0 Å². The number of aromatic nitrogens is 2. The number of nitrogens with zero attached hydrogens (tertiary/aromatic N) is 3. The summed E-state index contributed by atoms with van der Waals surface area (Å²) < 4.78 is 55.7. The van der Waals surface area contributed by atoms with Crippen molar-refractivity contribution in [1.82, 2.24) is 20.6 Å². The highest BCUT2D eigenvalue weighted by Crippen LogP contribution is 2.34. The molecule has 2 aliphatic rings. The quantitative estimate of drug-likeness (QED) is 0.894. The van der Waals surface area contributed by atoms with Crippen molar-refractivity contribution >= 4 is 0 Å². The Hall–Kier alpha value is -2.07. The van der Waals surface area contributed by atoms with E-state index in [0.717, 1.165) is 23.9 Å². The molecule has 0 bridgehead atoms. The van der Waals surface area contributed by atoms with Crippen molar-refractivity contribution in [2.75, 3.05) is 13.7 Å². The van der Waals surface area contributed by atoms with Gasteiger partial charge in [0, 0.05) is 18.7 Å². The van der Waals surface area contributed by atoms with Crippen molar-refractivity contribution in [3.8, 4) is 11.6 Å². The van der Waals surface area contributed by atoms with Crippen molar-refractivity contribution in [1.29, 1.82) is 0 Å². The maximum atomic E-state index is 13.3. The van der Waals surface area contributed by atoms with Crippen LogP contribution in [0.4, 0.5) is 13.2 Å². The van der Waals surface area contributed by atoms with Crippen LogP contribution >= 0.6 is 0 Å². The summed E-state index contributed by atoms with van der Waals surface area (Å²) in [6.45, 7) is 0.431. The van der Waals surface area contributed by atoms with E-state index in [2.05, 4.69) is 15.6 Å². The van der Waals surface area contributed by atoms with E-state index < -0.39 is 24.3 Å². The van der Waals surface area contributed by atoms with E-state index in [9.17, 15) is 13.2 Å². The highest BCUT2D eigenvalue weighted by molar-refractivity contribution is 5.24. The summed E-state index contributed by atoms with van der Waals surface area (Å²) in [4.78, 5) is 0. The summed E-state index contributed by atoms with van der Waals surface area (Å²) in [5, 5.41) is 8.37. The predicted octanol–water partition coefficient (Wildman–Crippen LogP) is 1.98. The Balaban J connectivity index is 1.76. The summed E-state index contributed by atoms with van der Waals surface area (Å²) in [5.74, 6) is 0.446. The highest BCUT2D eigenvalue weighted by Gasteiger charge is 2.45. The van der Waals surface area contributed by atoms with Crippen LogP contribution in [0, 0.1) is 0 Å². The second-order valence-electron chi connectivity index (χ2n) is 5.34. The second-order valence-corrected chi connectivity index (χ2v) is 5.34. The Bertz CT molecular complexity index is 605. The Morgan fingerprint density at radius 3 is 2.88 bits per heavy atom. The van der Waals surface area contributed by atoms with Crippen LogP contribution in [-0.4, -0.2) is 47.6 Å². The first-order chi connectivity index (χ1) is 11.5. The fraction of sp³-hybridized carbons (Fsp3) is 0.571. The van der Waals surface area contributed by atoms with Gasteiger partial charge < -0.3 is 14.2 Å². The lowest BCUT2D eigenvalue weighted by molar-refractivity contribution is -0.155. The van der Waals surface area contributed by atoms with Gasteiger partial charge in [0.15, 0.2) is 6.23 Å². The summed E-state index contributed by atoms with van der Waals surface area (Å²) in [7, 11) is 1.44. The number of allylic oxidation sites excluding steroid dienone is 1. The van der Waals surface area contributed by atoms with Crippen LogP contribution in [0.1, 0.15) is 19.3 Å². The monoisotopic (exact) mass is 346 g/mol. The number of alkyl halides is 3. The molecule has 1 N–H and O–H groups in total. The minimum absolute atomic E-state index is 0.0519. The Kier molecular flexibility index (Phi) is 4.76. The molecular formula is C14H17F3N4O3. The zero-order valence-electron chi connectivity index (χ0n) is 12.9. The van der Waals surface area contributed by atoms with Crippen molar-refractivity contribution in [3.63, 3.8) is 0 Å². The molecule has 0 saturated carbocycles. The van der Waals surface area contributed by atoms with E-state index in [4.69, 9.17) is 14.2 Å². The lowest BCUT2D eigenvalue weighted by Gasteiger charge is -2.34. The fourth-order valence-corrected chi connectivity index (χ4v) is 2.55. The van der Waals surface area contributed by atoms with E-state index in [1.807, 2.05) is 0 Å². The van der Waals surface area contributed by atoms with Crippen molar-refractivity contribution in [2.45, 2.75) is 37.9 Å². The molecule has 3 rings (SSSR count). The number of rotatable bonds is 4. The van der Waals surface area contributed by atoms with Crippen LogP contribution in [0.2, 0.25) is 0 Å². The maximum Gasteiger partial charge on any atom is 0.432 e. The molecule has 132 valence electrons. The smallest absolute Gasteiger partial charge is 0.432 e. The van der Waals surface area contributed by atoms with Crippen LogP contribution in [0.5, 0.6) is 11.6 Å². The molecule has 1 aromatic rings. The molecule has 2 atom stereocenters. The molecule has 7 nitrogen and oxygen atoms in total. The SMILES string of the molecule is COc1cnnc(OC2C=C(C(F)(F)F)N(C3CCCCO3)N2)c1. The zero-order chi connectivity index (χ0) is 17.2. The van der Waals surface area contributed by atoms with Crippen LogP contribution in [-0.2, 0) is 4.74 Å². The van der Waals surface area contributed by atoms with E-state index in [-0.39, 0.29) is 5.88 Å². The molecule has 0 spiro atoms. The van der Waals surface area contributed by atoms with Gasteiger partial charge in [0.1, 0.15) is 17.7 Å². The number of ether oxygens (including phenoxy) is 3. The molecule has 0 amide bonds. The lowest BCUT2D eigenvalue weighted by Crippen LogP contribution is -2.50. The largest absolute Gasteiger partial charge is 0.495 e. The number of halogens is 3. The van der Waals surface area contributed by atoms with Gasteiger partial charge in [0.25, 0.3) is 0 Å². The summed E-state index contributed by atoms with van der Waals surface area (Å²) in [5.41, 5.74) is 1.83. The van der Waals surface area contributed by atoms with Gasteiger partial charge in [0.05, 0.1) is 13.3 Å². The third-order valence-corrected chi connectivity index (χ3v) is 3.66. The Morgan fingerprint density at radius 2 is 2.21 bits per heavy atom. The molecule has 2 unspecified atom stereocenters. The molecule has 10 heteroatoms. The van der Waals surface area contributed by atoms with Gasteiger partial charge in [-0.2, -0.15) is 23.7 Å². The van der Waals surface area contributed by atoms with Crippen LogP contribution in [0.25, 0.3) is 0 Å². The van der Waals surface area contributed by atoms with Gasteiger partial charge in [-0.3, -0.25) is 5.01 Å². The Morgan fingerprint density at radius 1 is 1.38 bits per heavy atom. The molecule has 0 aliphatic carbocycles. The lowest BCUT2D eigenvalue weighted by atomic mass is 10.2. The van der Waals surface area contributed by atoms with Crippen LogP contribution < -0.4 is 14.9 Å². The van der Waals surface area contributed by atoms with E-state index >= 15 is 0 Å².